The van der Waals surface area contributed by atoms with Crippen LogP contribution in [0.5, 0.6) is 5.75 Å². The molecule has 2 aromatic rings. The molecule has 2 nitrogen and oxygen atoms in total. The number of ether oxygens (including phenoxy) is 1. The number of hydrogen-bond donors (Lipinski definition) is 1. The van der Waals surface area contributed by atoms with Gasteiger partial charge in [0.15, 0.2) is 0 Å². The van der Waals surface area contributed by atoms with Crippen LogP contribution in [0.2, 0.25) is 0 Å². The first-order valence-corrected chi connectivity index (χ1v) is 6.46. The summed E-state index contributed by atoms with van der Waals surface area (Å²) in [5.74, 6) is -0.627. The smallest absolute Gasteiger partial charge is 0.132 e. The van der Waals surface area contributed by atoms with E-state index in [1.807, 2.05) is 19.1 Å². The number of nitrogens with two attached hydrogens (primary N) is 1. The SMILES string of the molecule is CC(N)Cc1ccc(OCc2c(F)cccc2F)cc1. The third-order valence-corrected chi connectivity index (χ3v) is 2.93. The largest absolute Gasteiger partial charge is 0.489 e. The van der Waals surface area contributed by atoms with Gasteiger partial charge in [-0.2, -0.15) is 0 Å². The molecule has 2 rings (SSSR count). The molecule has 0 spiro atoms. The van der Waals surface area contributed by atoms with Gasteiger partial charge in [-0.05, 0) is 43.2 Å². The third kappa shape index (κ3) is 3.78. The van der Waals surface area contributed by atoms with Crippen molar-refractivity contribution < 1.29 is 13.5 Å². The summed E-state index contributed by atoms with van der Waals surface area (Å²) in [5.41, 5.74) is 6.75. The lowest BCUT2D eigenvalue weighted by Gasteiger charge is -2.09. The van der Waals surface area contributed by atoms with Crippen LogP contribution in [0, 0.1) is 11.6 Å². The Morgan fingerprint density at radius 2 is 1.65 bits per heavy atom. The van der Waals surface area contributed by atoms with Crippen molar-refractivity contribution in [2.45, 2.75) is 26.0 Å². The summed E-state index contributed by atoms with van der Waals surface area (Å²) in [6, 6.07) is 11.2. The van der Waals surface area contributed by atoms with E-state index in [0.717, 1.165) is 12.0 Å². The average Bonchev–Trinajstić information content (AvgIpc) is 2.39. The molecule has 0 aliphatic carbocycles. The van der Waals surface area contributed by atoms with Gasteiger partial charge < -0.3 is 10.5 Å². The van der Waals surface area contributed by atoms with Crippen molar-refractivity contribution in [1.29, 1.82) is 0 Å². The van der Waals surface area contributed by atoms with E-state index in [0.29, 0.717) is 5.75 Å². The lowest BCUT2D eigenvalue weighted by molar-refractivity contribution is 0.292. The summed E-state index contributed by atoms with van der Waals surface area (Å²) in [6.07, 6.45) is 0.780. The zero-order chi connectivity index (χ0) is 14.5. The van der Waals surface area contributed by atoms with Crippen molar-refractivity contribution in [2.24, 2.45) is 5.73 Å². The minimum Gasteiger partial charge on any atom is -0.489 e. The molecule has 20 heavy (non-hydrogen) atoms. The fraction of sp³-hybridized carbons (Fsp3) is 0.250. The highest BCUT2D eigenvalue weighted by Gasteiger charge is 2.09. The van der Waals surface area contributed by atoms with Gasteiger partial charge in [-0.1, -0.05) is 18.2 Å². The summed E-state index contributed by atoms with van der Waals surface area (Å²) >= 11 is 0. The number of benzene rings is 2. The standard InChI is InChI=1S/C16H17F2NO/c1-11(19)9-12-5-7-13(8-6-12)20-10-14-15(17)3-2-4-16(14)18/h2-8,11H,9-10,19H2,1H3. The van der Waals surface area contributed by atoms with Gasteiger partial charge in [0.25, 0.3) is 0 Å². The highest BCUT2D eigenvalue weighted by Crippen LogP contribution is 2.18. The average molecular weight is 277 g/mol. The Hall–Kier alpha value is -1.94. The topological polar surface area (TPSA) is 35.2 Å². The Morgan fingerprint density at radius 1 is 1.05 bits per heavy atom. The second-order valence-electron chi connectivity index (χ2n) is 4.81. The number of halogens is 2. The molecule has 2 aromatic carbocycles. The second-order valence-corrected chi connectivity index (χ2v) is 4.81. The maximum atomic E-state index is 13.4. The van der Waals surface area contributed by atoms with Crippen LogP contribution in [-0.4, -0.2) is 6.04 Å². The fourth-order valence-electron chi connectivity index (χ4n) is 1.92. The van der Waals surface area contributed by atoms with Gasteiger partial charge >= 0.3 is 0 Å². The van der Waals surface area contributed by atoms with E-state index < -0.39 is 11.6 Å². The summed E-state index contributed by atoms with van der Waals surface area (Å²) in [6.45, 7) is 1.80. The molecule has 2 N–H and O–H groups in total. The zero-order valence-electron chi connectivity index (χ0n) is 11.3. The summed E-state index contributed by atoms with van der Waals surface area (Å²) < 4.78 is 32.3. The first kappa shape index (κ1) is 14.5. The Bertz CT molecular complexity index is 547. The van der Waals surface area contributed by atoms with Crippen LogP contribution >= 0.6 is 0 Å². The van der Waals surface area contributed by atoms with E-state index in [1.165, 1.54) is 18.2 Å². The van der Waals surface area contributed by atoms with Crippen molar-refractivity contribution >= 4 is 0 Å². The molecule has 106 valence electrons. The zero-order valence-corrected chi connectivity index (χ0v) is 11.3. The van der Waals surface area contributed by atoms with Crippen LogP contribution in [0.1, 0.15) is 18.1 Å². The van der Waals surface area contributed by atoms with E-state index >= 15 is 0 Å². The van der Waals surface area contributed by atoms with E-state index in [4.69, 9.17) is 10.5 Å². The molecule has 0 aliphatic rings. The maximum absolute atomic E-state index is 13.4. The Morgan fingerprint density at radius 3 is 2.20 bits per heavy atom. The van der Waals surface area contributed by atoms with Gasteiger partial charge in [0.1, 0.15) is 24.0 Å². The fourth-order valence-corrected chi connectivity index (χ4v) is 1.92. The Balaban J connectivity index is 2.00. The molecule has 0 saturated carbocycles. The Kier molecular flexibility index (Phi) is 4.69. The van der Waals surface area contributed by atoms with Gasteiger partial charge in [0.05, 0.1) is 5.56 Å². The molecule has 0 heterocycles. The summed E-state index contributed by atoms with van der Waals surface area (Å²) in [7, 11) is 0. The maximum Gasteiger partial charge on any atom is 0.132 e. The van der Waals surface area contributed by atoms with Crippen molar-refractivity contribution in [1.82, 2.24) is 0 Å². The normalized spacial score (nSPS) is 12.2. The van der Waals surface area contributed by atoms with Gasteiger partial charge in [0, 0.05) is 6.04 Å². The first-order valence-electron chi connectivity index (χ1n) is 6.46. The lowest BCUT2D eigenvalue weighted by Crippen LogP contribution is -2.17. The molecule has 0 saturated heterocycles. The van der Waals surface area contributed by atoms with Gasteiger partial charge in [-0.3, -0.25) is 0 Å². The summed E-state index contributed by atoms with van der Waals surface area (Å²) in [5, 5.41) is 0. The summed E-state index contributed by atoms with van der Waals surface area (Å²) in [4.78, 5) is 0. The van der Waals surface area contributed by atoms with Gasteiger partial charge in [0.2, 0.25) is 0 Å². The van der Waals surface area contributed by atoms with Crippen LogP contribution in [0.3, 0.4) is 0 Å². The van der Waals surface area contributed by atoms with E-state index in [1.54, 1.807) is 12.1 Å². The molecule has 0 bridgehead atoms. The van der Waals surface area contributed by atoms with Crippen LogP contribution < -0.4 is 10.5 Å². The third-order valence-electron chi connectivity index (χ3n) is 2.93. The van der Waals surface area contributed by atoms with Crippen LogP contribution in [0.4, 0.5) is 8.78 Å². The van der Waals surface area contributed by atoms with Crippen molar-refractivity contribution in [3.63, 3.8) is 0 Å². The monoisotopic (exact) mass is 277 g/mol. The Labute approximate surface area is 117 Å². The van der Waals surface area contributed by atoms with Gasteiger partial charge in [-0.15, -0.1) is 0 Å². The van der Waals surface area contributed by atoms with E-state index in [-0.39, 0.29) is 18.2 Å². The lowest BCUT2D eigenvalue weighted by atomic mass is 10.1. The minimum atomic E-state index is -0.599. The molecule has 0 aromatic heterocycles. The number of rotatable bonds is 5. The molecule has 1 unspecified atom stereocenters. The van der Waals surface area contributed by atoms with Gasteiger partial charge in [-0.25, -0.2) is 8.78 Å². The minimum absolute atomic E-state index is 0.0628. The quantitative estimate of drug-likeness (QED) is 0.908. The van der Waals surface area contributed by atoms with Crippen LogP contribution in [0.25, 0.3) is 0 Å². The molecular formula is C16H17F2NO. The predicted molar refractivity (Wildman–Crippen MR) is 74.5 cm³/mol. The van der Waals surface area contributed by atoms with E-state index in [9.17, 15) is 8.78 Å². The van der Waals surface area contributed by atoms with Crippen LogP contribution in [-0.2, 0) is 13.0 Å². The highest BCUT2D eigenvalue weighted by atomic mass is 19.1. The number of hydrogen-bond acceptors (Lipinski definition) is 2. The van der Waals surface area contributed by atoms with Crippen molar-refractivity contribution in [3.8, 4) is 5.75 Å². The van der Waals surface area contributed by atoms with E-state index in [2.05, 4.69) is 0 Å². The molecule has 1 atom stereocenters. The van der Waals surface area contributed by atoms with Crippen molar-refractivity contribution in [2.75, 3.05) is 0 Å². The second kappa shape index (κ2) is 6.48. The van der Waals surface area contributed by atoms with Crippen molar-refractivity contribution in [3.05, 3.63) is 65.2 Å². The molecule has 4 heteroatoms. The molecule has 0 radical (unpaired) electrons. The van der Waals surface area contributed by atoms with Crippen LogP contribution in [0.15, 0.2) is 42.5 Å². The molecular weight excluding hydrogens is 260 g/mol. The molecule has 0 fully saturated rings. The predicted octanol–water partition coefficient (Wildman–Crippen LogP) is 3.43. The molecule has 0 aliphatic heterocycles. The first-order chi connectivity index (χ1) is 9.56. The highest BCUT2D eigenvalue weighted by molar-refractivity contribution is 5.28. The molecule has 0 amide bonds.